The summed E-state index contributed by atoms with van der Waals surface area (Å²) in [7, 11) is 0. The van der Waals surface area contributed by atoms with Gasteiger partial charge in [-0.1, -0.05) is 54.3 Å². The van der Waals surface area contributed by atoms with E-state index in [1.165, 1.54) is 22.7 Å². The highest BCUT2D eigenvalue weighted by Gasteiger charge is 2.33. The number of nitro groups is 2. The van der Waals surface area contributed by atoms with Crippen molar-refractivity contribution in [2.45, 2.75) is 0 Å². The van der Waals surface area contributed by atoms with Crippen LogP contribution in [0.25, 0.3) is 6.08 Å². The molecule has 3 aromatic rings. The summed E-state index contributed by atoms with van der Waals surface area (Å²) in [6, 6.07) is 18.8. The maximum absolute atomic E-state index is 12.9. The van der Waals surface area contributed by atoms with Crippen LogP contribution >= 0.6 is 24.0 Å². The number of thiocarbonyl (C=S) groups is 1. The zero-order chi connectivity index (χ0) is 23.5. The van der Waals surface area contributed by atoms with E-state index in [-0.39, 0.29) is 17.4 Å². The predicted octanol–water partition coefficient (Wildman–Crippen LogP) is 5.70. The number of anilines is 1. The third-order valence-electron chi connectivity index (χ3n) is 4.54. The first-order chi connectivity index (χ1) is 15.8. The van der Waals surface area contributed by atoms with Gasteiger partial charge in [-0.25, -0.2) is 0 Å². The Kier molecular flexibility index (Phi) is 6.16. The molecule has 0 saturated carbocycles. The number of hydrogen-bond acceptors (Lipinski definition) is 8. The summed E-state index contributed by atoms with van der Waals surface area (Å²) in [4.78, 5) is 35.5. The van der Waals surface area contributed by atoms with Crippen LogP contribution in [-0.2, 0) is 4.79 Å². The SMILES string of the molecule is O=C1/C(=C\c2cccc(Oc3ccc([N+](=O)[O-])cc3[N+](=O)[O-])c2)SC(=S)N1c1ccccc1. The summed E-state index contributed by atoms with van der Waals surface area (Å²) in [6.45, 7) is 0. The standard InChI is InChI=1S/C22H13N3O6S2/c26-21-20(33-22(32)23(21)15-6-2-1-3-7-15)12-14-5-4-8-17(11-14)31-19-10-9-16(24(27)28)13-18(19)25(29)30/h1-13H/b20-12+. The second-order valence-electron chi connectivity index (χ2n) is 6.69. The van der Waals surface area contributed by atoms with Crippen LogP contribution in [0.1, 0.15) is 5.56 Å². The number of non-ortho nitro benzene ring substituents is 1. The van der Waals surface area contributed by atoms with Crippen molar-refractivity contribution in [1.29, 1.82) is 0 Å². The molecule has 0 radical (unpaired) electrons. The fourth-order valence-electron chi connectivity index (χ4n) is 3.06. The lowest BCUT2D eigenvalue weighted by molar-refractivity contribution is -0.394. The lowest BCUT2D eigenvalue weighted by atomic mass is 10.2. The smallest absolute Gasteiger partial charge is 0.318 e. The molecule has 4 rings (SSSR count). The molecular formula is C22H13N3O6S2. The topological polar surface area (TPSA) is 116 Å². The fourth-order valence-corrected chi connectivity index (χ4v) is 4.36. The van der Waals surface area contributed by atoms with Crippen molar-refractivity contribution in [3.05, 3.63) is 103 Å². The van der Waals surface area contributed by atoms with Crippen LogP contribution < -0.4 is 9.64 Å². The van der Waals surface area contributed by atoms with Crippen LogP contribution in [0.2, 0.25) is 0 Å². The molecule has 1 saturated heterocycles. The summed E-state index contributed by atoms with van der Waals surface area (Å²) in [5.41, 5.74) is 0.346. The molecule has 1 aliphatic heterocycles. The van der Waals surface area contributed by atoms with Crippen molar-refractivity contribution in [2.24, 2.45) is 0 Å². The Morgan fingerprint density at radius 1 is 0.939 bits per heavy atom. The van der Waals surface area contributed by atoms with Crippen LogP contribution in [0.3, 0.4) is 0 Å². The maximum atomic E-state index is 12.9. The Labute approximate surface area is 196 Å². The van der Waals surface area contributed by atoms with Crippen molar-refractivity contribution in [3.8, 4) is 11.5 Å². The molecule has 0 atom stereocenters. The zero-order valence-corrected chi connectivity index (χ0v) is 18.2. The molecule has 1 fully saturated rings. The first-order valence-corrected chi connectivity index (χ1v) is 10.6. The summed E-state index contributed by atoms with van der Waals surface area (Å²) in [5, 5.41) is 22.2. The Balaban J connectivity index is 1.60. The van der Waals surface area contributed by atoms with Gasteiger partial charge in [0.05, 0.1) is 26.5 Å². The molecule has 3 aromatic carbocycles. The van der Waals surface area contributed by atoms with Crippen molar-refractivity contribution < 1.29 is 19.4 Å². The van der Waals surface area contributed by atoms with Gasteiger partial charge in [0.15, 0.2) is 4.32 Å². The van der Waals surface area contributed by atoms with E-state index in [1.54, 1.807) is 42.5 Å². The van der Waals surface area contributed by atoms with E-state index < -0.39 is 21.2 Å². The number of nitrogens with zero attached hydrogens (tertiary/aromatic N) is 3. The van der Waals surface area contributed by atoms with E-state index in [0.717, 1.165) is 12.1 Å². The molecule has 1 aliphatic rings. The number of benzene rings is 3. The minimum absolute atomic E-state index is 0.141. The molecule has 0 spiro atoms. The van der Waals surface area contributed by atoms with Crippen LogP contribution in [0.4, 0.5) is 17.1 Å². The number of ether oxygens (including phenoxy) is 1. The Bertz CT molecular complexity index is 1330. The monoisotopic (exact) mass is 479 g/mol. The first-order valence-electron chi connectivity index (χ1n) is 9.37. The van der Waals surface area contributed by atoms with Crippen molar-refractivity contribution in [3.63, 3.8) is 0 Å². The number of rotatable bonds is 6. The Morgan fingerprint density at radius 2 is 1.70 bits per heavy atom. The average molecular weight is 479 g/mol. The van der Waals surface area contributed by atoms with Gasteiger partial charge in [-0.05, 0) is 42.0 Å². The molecule has 1 heterocycles. The Morgan fingerprint density at radius 3 is 2.39 bits per heavy atom. The van der Waals surface area contributed by atoms with Crippen LogP contribution in [0, 0.1) is 20.2 Å². The molecule has 0 bridgehead atoms. The second-order valence-corrected chi connectivity index (χ2v) is 8.37. The quantitative estimate of drug-likeness (QED) is 0.191. The minimum atomic E-state index is -0.749. The van der Waals surface area contributed by atoms with Crippen molar-refractivity contribution in [1.82, 2.24) is 0 Å². The molecule has 0 N–H and O–H groups in total. The number of thioether (sulfide) groups is 1. The number of carbonyl (C=O) groups excluding carboxylic acids is 1. The lowest BCUT2D eigenvalue weighted by Gasteiger charge is -2.13. The largest absolute Gasteiger partial charge is 0.450 e. The molecule has 0 unspecified atom stereocenters. The van der Waals surface area contributed by atoms with Gasteiger partial charge in [0, 0.05) is 6.07 Å². The van der Waals surface area contributed by atoms with E-state index in [9.17, 15) is 25.0 Å². The van der Waals surface area contributed by atoms with Crippen LogP contribution in [0.15, 0.2) is 77.7 Å². The van der Waals surface area contributed by atoms with E-state index in [4.69, 9.17) is 17.0 Å². The zero-order valence-electron chi connectivity index (χ0n) is 16.6. The minimum Gasteiger partial charge on any atom is -0.450 e. The average Bonchev–Trinajstić information content (AvgIpc) is 3.07. The normalized spacial score (nSPS) is 14.5. The van der Waals surface area contributed by atoms with E-state index in [1.807, 2.05) is 18.2 Å². The third kappa shape index (κ3) is 4.73. The molecule has 11 heteroatoms. The van der Waals surface area contributed by atoms with Gasteiger partial charge in [0.2, 0.25) is 5.75 Å². The van der Waals surface area contributed by atoms with Gasteiger partial charge in [-0.3, -0.25) is 29.9 Å². The van der Waals surface area contributed by atoms with Crippen molar-refractivity contribution in [2.75, 3.05) is 4.90 Å². The summed E-state index contributed by atoms with van der Waals surface area (Å²) >= 11 is 6.53. The molecule has 164 valence electrons. The first kappa shape index (κ1) is 22.1. The van der Waals surface area contributed by atoms with E-state index >= 15 is 0 Å². The van der Waals surface area contributed by atoms with E-state index in [2.05, 4.69) is 0 Å². The number of amides is 1. The molecule has 0 aromatic heterocycles. The number of para-hydroxylation sites is 1. The number of carbonyl (C=O) groups is 1. The van der Waals surface area contributed by atoms with Gasteiger partial charge in [-0.15, -0.1) is 0 Å². The molecule has 33 heavy (non-hydrogen) atoms. The van der Waals surface area contributed by atoms with Gasteiger partial charge in [0.1, 0.15) is 5.75 Å². The summed E-state index contributed by atoms with van der Waals surface area (Å²) in [6.07, 6.45) is 1.65. The van der Waals surface area contributed by atoms with Gasteiger partial charge in [0.25, 0.3) is 11.6 Å². The van der Waals surface area contributed by atoms with Gasteiger partial charge >= 0.3 is 5.69 Å². The summed E-state index contributed by atoms with van der Waals surface area (Å²) < 4.78 is 6.04. The third-order valence-corrected chi connectivity index (χ3v) is 5.84. The van der Waals surface area contributed by atoms with Gasteiger partial charge in [-0.2, -0.15) is 0 Å². The molecule has 1 amide bonds. The molecule has 0 aliphatic carbocycles. The highest BCUT2D eigenvalue weighted by molar-refractivity contribution is 8.27. The van der Waals surface area contributed by atoms with Crippen LogP contribution in [0.5, 0.6) is 11.5 Å². The number of hydrogen-bond donors (Lipinski definition) is 0. The van der Waals surface area contributed by atoms with Crippen LogP contribution in [-0.4, -0.2) is 20.1 Å². The second kappa shape index (κ2) is 9.18. The predicted molar refractivity (Wildman–Crippen MR) is 128 cm³/mol. The van der Waals surface area contributed by atoms with Crippen molar-refractivity contribution >= 4 is 57.3 Å². The Hall–Kier alpha value is -4.09. The fraction of sp³-hybridized carbons (Fsp3) is 0. The highest BCUT2D eigenvalue weighted by Crippen LogP contribution is 2.37. The lowest BCUT2D eigenvalue weighted by Crippen LogP contribution is -2.27. The highest BCUT2D eigenvalue weighted by atomic mass is 32.2. The molecular weight excluding hydrogens is 466 g/mol. The number of nitro benzene ring substituents is 2. The van der Waals surface area contributed by atoms with E-state index in [0.29, 0.717) is 20.5 Å². The summed E-state index contributed by atoms with van der Waals surface area (Å²) in [5.74, 6) is -0.133. The van der Waals surface area contributed by atoms with Gasteiger partial charge < -0.3 is 4.74 Å². The molecule has 9 nitrogen and oxygen atoms in total. The maximum Gasteiger partial charge on any atom is 0.318 e.